The van der Waals surface area contributed by atoms with Crippen LogP contribution in [-0.2, 0) is 6.54 Å². The quantitative estimate of drug-likeness (QED) is 0.647. The van der Waals surface area contributed by atoms with E-state index in [1.807, 2.05) is 6.07 Å². The largest absolute Gasteiger partial charge is 0.573 e. The van der Waals surface area contributed by atoms with Crippen molar-refractivity contribution in [2.75, 3.05) is 17.2 Å². The normalized spacial score (nSPS) is 18.9. The fourth-order valence-electron chi connectivity index (χ4n) is 3.27. The molecule has 10 heteroatoms. The van der Waals surface area contributed by atoms with Crippen molar-refractivity contribution in [1.29, 1.82) is 5.26 Å². The van der Waals surface area contributed by atoms with E-state index in [1.165, 1.54) is 24.4 Å². The third kappa shape index (κ3) is 5.96. The number of alkyl halides is 3. The zero-order valence-electron chi connectivity index (χ0n) is 15.5. The predicted molar refractivity (Wildman–Crippen MR) is 101 cm³/mol. The molecular formula is C19H21F3N6O. The highest BCUT2D eigenvalue weighted by Crippen LogP contribution is 2.27. The summed E-state index contributed by atoms with van der Waals surface area (Å²) >= 11 is 0. The van der Waals surface area contributed by atoms with E-state index in [-0.39, 0.29) is 24.3 Å². The van der Waals surface area contributed by atoms with Gasteiger partial charge in [0.1, 0.15) is 23.2 Å². The first-order valence-corrected chi connectivity index (χ1v) is 9.18. The predicted octanol–water partition coefficient (Wildman–Crippen LogP) is 3.40. The van der Waals surface area contributed by atoms with E-state index in [4.69, 9.17) is 5.73 Å². The summed E-state index contributed by atoms with van der Waals surface area (Å²) in [4.78, 5) is 8.35. The molecule has 0 saturated heterocycles. The van der Waals surface area contributed by atoms with Crippen LogP contribution in [0.5, 0.6) is 5.75 Å². The monoisotopic (exact) mass is 406 g/mol. The first-order chi connectivity index (χ1) is 13.8. The van der Waals surface area contributed by atoms with Gasteiger partial charge in [-0.2, -0.15) is 10.2 Å². The third-order valence-corrected chi connectivity index (χ3v) is 4.68. The van der Waals surface area contributed by atoms with Crippen molar-refractivity contribution in [3.05, 3.63) is 41.6 Å². The molecule has 1 aromatic carbocycles. The first-order valence-electron chi connectivity index (χ1n) is 9.18. The number of ether oxygens (including phenoxy) is 1. The minimum absolute atomic E-state index is 0.0229. The molecular weight excluding hydrogens is 385 g/mol. The Balaban J connectivity index is 1.67. The van der Waals surface area contributed by atoms with Crippen LogP contribution >= 0.6 is 0 Å². The molecule has 1 aliphatic carbocycles. The van der Waals surface area contributed by atoms with Gasteiger partial charge >= 0.3 is 6.36 Å². The Kier molecular flexibility index (Phi) is 6.39. The fraction of sp³-hybridized carbons (Fsp3) is 0.421. The first kappa shape index (κ1) is 20.7. The molecule has 1 fully saturated rings. The minimum Gasteiger partial charge on any atom is -0.405 e. The Morgan fingerprint density at radius 2 is 2.03 bits per heavy atom. The second-order valence-corrected chi connectivity index (χ2v) is 6.90. The highest BCUT2D eigenvalue weighted by molar-refractivity contribution is 5.53. The number of nitrogens with two attached hydrogens (primary N) is 1. The molecule has 0 aliphatic heterocycles. The van der Waals surface area contributed by atoms with Crippen LogP contribution in [0.25, 0.3) is 0 Å². The van der Waals surface area contributed by atoms with Crippen LogP contribution in [0.15, 0.2) is 30.5 Å². The van der Waals surface area contributed by atoms with Gasteiger partial charge in [0.25, 0.3) is 0 Å². The number of nitrogens with zero attached hydrogens (tertiary/aromatic N) is 3. The number of aromatic nitrogens is 2. The SMILES string of the molecule is N#Cc1cnc(NCc2ccccc2OC(F)(F)F)nc1NC[C@@H]1CC[C@@H](N)C1. The van der Waals surface area contributed by atoms with Crippen molar-refractivity contribution < 1.29 is 17.9 Å². The van der Waals surface area contributed by atoms with Gasteiger partial charge in [0.05, 0.1) is 6.20 Å². The van der Waals surface area contributed by atoms with Crippen molar-refractivity contribution >= 4 is 11.8 Å². The van der Waals surface area contributed by atoms with Gasteiger partial charge in [-0.1, -0.05) is 18.2 Å². The lowest BCUT2D eigenvalue weighted by atomic mass is 10.1. The smallest absolute Gasteiger partial charge is 0.405 e. The Hall–Kier alpha value is -3.06. The van der Waals surface area contributed by atoms with E-state index in [0.29, 0.717) is 29.4 Å². The molecule has 2 aromatic rings. The van der Waals surface area contributed by atoms with Crippen LogP contribution in [0.2, 0.25) is 0 Å². The molecule has 0 bridgehead atoms. The molecule has 3 rings (SSSR count). The second-order valence-electron chi connectivity index (χ2n) is 6.90. The Morgan fingerprint density at radius 1 is 1.24 bits per heavy atom. The summed E-state index contributed by atoms with van der Waals surface area (Å²) in [5, 5.41) is 15.3. The molecule has 0 amide bonds. The number of halogens is 3. The molecule has 1 saturated carbocycles. The van der Waals surface area contributed by atoms with Crippen molar-refractivity contribution in [2.45, 2.75) is 38.2 Å². The lowest BCUT2D eigenvalue weighted by Crippen LogP contribution is -2.19. The Morgan fingerprint density at radius 3 is 2.72 bits per heavy atom. The Labute approximate surface area is 166 Å². The fourth-order valence-corrected chi connectivity index (χ4v) is 3.27. The van der Waals surface area contributed by atoms with Crippen molar-refractivity contribution in [1.82, 2.24) is 9.97 Å². The number of para-hydroxylation sites is 1. The van der Waals surface area contributed by atoms with Crippen LogP contribution in [0, 0.1) is 17.2 Å². The minimum atomic E-state index is -4.78. The summed E-state index contributed by atoms with van der Waals surface area (Å²) in [5.74, 6) is 0.688. The van der Waals surface area contributed by atoms with E-state index in [0.717, 1.165) is 19.3 Å². The molecule has 4 N–H and O–H groups in total. The van der Waals surface area contributed by atoms with Crippen LogP contribution < -0.4 is 21.1 Å². The summed E-state index contributed by atoms with van der Waals surface area (Å²) < 4.78 is 41.7. The number of hydrogen-bond donors (Lipinski definition) is 3. The number of hydrogen-bond acceptors (Lipinski definition) is 7. The molecule has 0 unspecified atom stereocenters. The number of rotatable bonds is 7. The van der Waals surface area contributed by atoms with Gasteiger partial charge in [-0.25, -0.2) is 4.98 Å². The lowest BCUT2D eigenvalue weighted by molar-refractivity contribution is -0.274. The summed E-state index contributed by atoms with van der Waals surface area (Å²) in [6, 6.07) is 8.06. The van der Waals surface area contributed by atoms with E-state index in [2.05, 4.69) is 25.3 Å². The average Bonchev–Trinajstić information content (AvgIpc) is 3.10. The maximum absolute atomic E-state index is 12.5. The highest BCUT2D eigenvalue weighted by Gasteiger charge is 2.32. The molecule has 29 heavy (non-hydrogen) atoms. The van der Waals surface area contributed by atoms with Gasteiger partial charge < -0.3 is 21.1 Å². The van der Waals surface area contributed by atoms with Gasteiger partial charge in [0, 0.05) is 24.7 Å². The van der Waals surface area contributed by atoms with E-state index in [9.17, 15) is 18.4 Å². The van der Waals surface area contributed by atoms with Gasteiger partial charge in [0.2, 0.25) is 5.95 Å². The average molecular weight is 406 g/mol. The summed E-state index contributed by atoms with van der Waals surface area (Å²) in [6.07, 6.45) is -0.492. The third-order valence-electron chi connectivity index (χ3n) is 4.68. The molecule has 2 atom stereocenters. The number of benzene rings is 1. The van der Waals surface area contributed by atoms with Gasteiger partial charge in [-0.3, -0.25) is 0 Å². The number of anilines is 2. The number of nitriles is 1. The Bertz CT molecular complexity index is 883. The molecule has 0 radical (unpaired) electrons. The zero-order chi connectivity index (χ0) is 20.9. The van der Waals surface area contributed by atoms with Crippen LogP contribution in [0.4, 0.5) is 24.9 Å². The van der Waals surface area contributed by atoms with Crippen molar-refractivity contribution in [3.8, 4) is 11.8 Å². The molecule has 1 aromatic heterocycles. The van der Waals surface area contributed by atoms with Gasteiger partial charge in [0.15, 0.2) is 0 Å². The standard InChI is InChI=1S/C19H21F3N6O/c20-19(21,22)29-16-4-2-1-3-13(16)10-26-18-27-11-14(8-23)17(28-18)25-9-12-5-6-15(24)7-12/h1-4,11-12,15H,5-7,9-10,24H2,(H2,25,26,27,28)/t12-,15-/m1/s1. The molecule has 1 aliphatic rings. The zero-order valence-corrected chi connectivity index (χ0v) is 15.5. The summed E-state index contributed by atoms with van der Waals surface area (Å²) in [6.45, 7) is 0.663. The second kappa shape index (κ2) is 8.96. The van der Waals surface area contributed by atoms with Crippen LogP contribution in [0.3, 0.4) is 0 Å². The van der Waals surface area contributed by atoms with E-state index in [1.54, 1.807) is 6.07 Å². The summed E-state index contributed by atoms with van der Waals surface area (Å²) in [5.41, 5.74) is 6.51. The maximum atomic E-state index is 12.5. The maximum Gasteiger partial charge on any atom is 0.573 e. The van der Waals surface area contributed by atoms with Crippen molar-refractivity contribution in [3.63, 3.8) is 0 Å². The van der Waals surface area contributed by atoms with Gasteiger partial charge in [-0.15, -0.1) is 13.2 Å². The number of nitrogens with one attached hydrogen (secondary N) is 2. The van der Waals surface area contributed by atoms with Crippen molar-refractivity contribution in [2.24, 2.45) is 11.7 Å². The van der Waals surface area contributed by atoms with Crippen LogP contribution in [0.1, 0.15) is 30.4 Å². The summed E-state index contributed by atoms with van der Waals surface area (Å²) in [7, 11) is 0. The van der Waals surface area contributed by atoms with Crippen LogP contribution in [-0.4, -0.2) is 28.9 Å². The molecule has 7 nitrogen and oxygen atoms in total. The van der Waals surface area contributed by atoms with E-state index >= 15 is 0 Å². The molecule has 0 spiro atoms. The molecule has 154 valence electrons. The topological polar surface area (TPSA) is 109 Å². The molecule has 1 heterocycles. The lowest BCUT2D eigenvalue weighted by Gasteiger charge is -2.15. The van der Waals surface area contributed by atoms with E-state index < -0.39 is 6.36 Å². The highest BCUT2D eigenvalue weighted by atomic mass is 19.4. The van der Waals surface area contributed by atoms with Gasteiger partial charge in [-0.05, 0) is 31.2 Å².